The fourth-order valence-electron chi connectivity index (χ4n) is 2.26. The summed E-state index contributed by atoms with van der Waals surface area (Å²) < 4.78 is 11.0. The summed E-state index contributed by atoms with van der Waals surface area (Å²) in [6, 6.07) is 8.88. The molecule has 2 saturated carbocycles. The molecule has 1 N–H and O–H groups in total. The number of benzene rings is 1. The summed E-state index contributed by atoms with van der Waals surface area (Å²) in [4.78, 5) is 4.36. The highest BCUT2D eigenvalue weighted by atomic mass is 16.5. The molecule has 0 aliphatic heterocycles. The van der Waals surface area contributed by atoms with Crippen molar-refractivity contribution in [2.24, 2.45) is 0 Å². The molecule has 110 valence electrons. The maximum Gasteiger partial charge on any atom is 0.229 e. The minimum absolute atomic E-state index is 0.357. The van der Waals surface area contributed by atoms with Crippen molar-refractivity contribution in [3.05, 3.63) is 41.5 Å². The lowest BCUT2D eigenvalue weighted by Gasteiger charge is -2.07. The van der Waals surface area contributed by atoms with E-state index in [9.17, 15) is 0 Å². The van der Waals surface area contributed by atoms with Gasteiger partial charge in [0.15, 0.2) is 6.61 Å². The Balaban J connectivity index is 1.33. The van der Waals surface area contributed by atoms with Crippen molar-refractivity contribution in [1.29, 1.82) is 0 Å². The highest BCUT2D eigenvalue weighted by molar-refractivity contribution is 5.28. The van der Waals surface area contributed by atoms with Gasteiger partial charge < -0.3 is 14.6 Å². The van der Waals surface area contributed by atoms with Gasteiger partial charge in [0.25, 0.3) is 0 Å². The van der Waals surface area contributed by atoms with Crippen molar-refractivity contribution in [2.75, 3.05) is 0 Å². The quantitative estimate of drug-likeness (QED) is 0.847. The zero-order chi connectivity index (χ0) is 14.1. The van der Waals surface area contributed by atoms with Gasteiger partial charge >= 0.3 is 0 Å². The molecule has 0 atom stereocenters. The molecule has 4 rings (SSSR count). The molecule has 21 heavy (non-hydrogen) atoms. The average Bonchev–Trinajstić information content (AvgIpc) is 3.43. The van der Waals surface area contributed by atoms with E-state index in [2.05, 4.69) is 27.6 Å². The van der Waals surface area contributed by atoms with Crippen LogP contribution in [0.3, 0.4) is 0 Å². The van der Waals surface area contributed by atoms with Gasteiger partial charge in [0, 0.05) is 18.5 Å². The Morgan fingerprint density at radius 1 is 1.24 bits per heavy atom. The Morgan fingerprint density at radius 3 is 2.95 bits per heavy atom. The lowest BCUT2D eigenvalue weighted by molar-refractivity contribution is 0.285. The molecule has 5 nitrogen and oxygen atoms in total. The first kappa shape index (κ1) is 12.8. The zero-order valence-electron chi connectivity index (χ0n) is 11.9. The fraction of sp³-hybridized carbons (Fsp3) is 0.500. The first-order valence-corrected chi connectivity index (χ1v) is 7.64. The highest BCUT2D eigenvalue weighted by Gasteiger charge is 2.29. The molecule has 5 heteroatoms. The van der Waals surface area contributed by atoms with Crippen molar-refractivity contribution in [1.82, 2.24) is 15.5 Å². The number of aromatic nitrogens is 2. The van der Waals surface area contributed by atoms with Crippen LogP contribution in [0.5, 0.6) is 5.75 Å². The monoisotopic (exact) mass is 285 g/mol. The van der Waals surface area contributed by atoms with Gasteiger partial charge in [-0.25, -0.2) is 0 Å². The molecule has 2 aliphatic rings. The standard InChI is InChI=1S/C16H19N3O2/c1-2-11(9-17-13-6-7-13)8-14(3-1)20-10-15-18-16(21-19-15)12-4-5-12/h1-3,8,12-13,17H,4-7,9-10H2. The van der Waals surface area contributed by atoms with Crippen molar-refractivity contribution >= 4 is 0 Å². The second-order valence-electron chi connectivity index (χ2n) is 5.91. The third-order valence-corrected chi connectivity index (χ3v) is 3.85. The van der Waals surface area contributed by atoms with Crippen LogP contribution in [0.4, 0.5) is 0 Å². The number of hydrogen-bond donors (Lipinski definition) is 1. The maximum absolute atomic E-state index is 5.76. The lowest BCUT2D eigenvalue weighted by atomic mass is 10.2. The van der Waals surface area contributed by atoms with Gasteiger partial charge in [-0.05, 0) is 43.4 Å². The summed E-state index contributed by atoms with van der Waals surface area (Å²) >= 11 is 0. The Kier molecular flexibility index (Phi) is 3.35. The predicted molar refractivity (Wildman–Crippen MR) is 76.9 cm³/mol. The van der Waals surface area contributed by atoms with Crippen LogP contribution in [0.25, 0.3) is 0 Å². The van der Waals surface area contributed by atoms with E-state index in [4.69, 9.17) is 9.26 Å². The van der Waals surface area contributed by atoms with Gasteiger partial charge in [-0.3, -0.25) is 0 Å². The van der Waals surface area contributed by atoms with E-state index in [1.165, 1.54) is 31.2 Å². The van der Waals surface area contributed by atoms with E-state index in [0.717, 1.165) is 24.2 Å². The van der Waals surface area contributed by atoms with Gasteiger partial charge in [-0.2, -0.15) is 4.98 Å². The van der Waals surface area contributed by atoms with Crippen molar-refractivity contribution in [3.8, 4) is 5.75 Å². The molecule has 0 amide bonds. The Hall–Kier alpha value is -1.88. The Morgan fingerprint density at radius 2 is 2.14 bits per heavy atom. The van der Waals surface area contributed by atoms with Crippen LogP contribution >= 0.6 is 0 Å². The zero-order valence-corrected chi connectivity index (χ0v) is 11.9. The van der Waals surface area contributed by atoms with E-state index < -0.39 is 0 Å². The highest BCUT2D eigenvalue weighted by Crippen LogP contribution is 2.38. The number of nitrogens with zero attached hydrogens (tertiary/aromatic N) is 2. The third kappa shape index (κ3) is 3.42. The molecular formula is C16H19N3O2. The largest absolute Gasteiger partial charge is 0.485 e. The molecule has 2 fully saturated rings. The molecule has 1 heterocycles. The van der Waals surface area contributed by atoms with Crippen molar-refractivity contribution in [3.63, 3.8) is 0 Å². The minimum atomic E-state index is 0.357. The van der Waals surface area contributed by atoms with E-state index in [-0.39, 0.29) is 0 Å². The van der Waals surface area contributed by atoms with Crippen LogP contribution in [0, 0.1) is 0 Å². The smallest absolute Gasteiger partial charge is 0.229 e. The molecule has 2 aliphatic carbocycles. The van der Waals surface area contributed by atoms with E-state index in [0.29, 0.717) is 18.3 Å². The number of rotatable bonds is 7. The topological polar surface area (TPSA) is 60.2 Å². The van der Waals surface area contributed by atoms with Crippen LogP contribution in [0.15, 0.2) is 28.8 Å². The fourth-order valence-corrected chi connectivity index (χ4v) is 2.26. The van der Waals surface area contributed by atoms with Crippen LogP contribution in [-0.4, -0.2) is 16.2 Å². The Labute approximate surface area is 123 Å². The van der Waals surface area contributed by atoms with E-state index >= 15 is 0 Å². The number of hydrogen-bond acceptors (Lipinski definition) is 5. The summed E-state index contributed by atoms with van der Waals surface area (Å²) in [5, 5.41) is 7.46. The average molecular weight is 285 g/mol. The van der Waals surface area contributed by atoms with E-state index in [1.54, 1.807) is 0 Å². The van der Waals surface area contributed by atoms with Crippen LogP contribution in [-0.2, 0) is 13.2 Å². The lowest BCUT2D eigenvalue weighted by Crippen LogP contribution is -2.15. The molecule has 0 unspecified atom stereocenters. The summed E-state index contributed by atoms with van der Waals surface area (Å²) in [5.41, 5.74) is 1.24. The summed E-state index contributed by atoms with van der Waals surface area (Å²) in [5.74, 6) is 2.72. The van der Waals surface area contributed by atoms with Crippen molar-refractivity contribution in [2.45, 2.75) is 50.8 Å². The number of ether oxygens (including phenoxy) is 1. The van der Waals surface area contributed by atoms with Gasteiger partial charge in [-0.15, -0.1) is 0 Å². The second kappa shape index (κ2) is 5.48. The maximum atomic E-state index is 5.76. The summed E-state index contributed by atoms with van der Waals surface area (Å²) in [7, 11) is 0. The third-order valence-electron chi connectivity index (χ3n) is 3.85. The molecule has 0 radical (unpaired) electrons. The normalized spacial score (nSPS) is 17.9. The van der Waals surface area contributed by atoms with Gasteiger partial charge in [0.1, 0.15) is 5.75 Å². The molecule has 0 saturated heterocycles. The molecule has 0 spiro atoms. The van der Waals surface area contributed by atoms with Gasteiger partial charge in [0.05, 0.1) is 0 Å². The van der Waals surface area contributed by atoms with Crippen LogP contribution < -0.4 is 10.1 Å². The molecular weight excluding hydrogens is 266 g/mol. The molecule has 1 aromatic heterocycles. The van der Waals surface area contributed by atoms with Gasteiger partial charge in [0.2, 0.25) is 11.7 Å². The van der Waals surface area contributed by atoms with Crippen LogP contribution in [0.1, 0.15) is 48.9 Å². The summed E-state index contributed by atoms with van der Waals surface area (Å²) in [6.45, 7) is 1.26. The molecule has 0 bridgehead atoms. The SMILES string of the molecule is c1cc(CNC2CC2)cc(OCc2noc(C3CC3)n2)c1. The number of nitrogens with one attached hydrogen (secondary N) is 1. The minimum Gasteiger partial charge on any atom is -0.485 e. The van der Waals surface area contributed by atoms with Crippen molar-refractivity contribution < 1.29 is 9.26 Å². The molecule has 1 aromatic carbocycles. The van der Waals surface area contributed by atoms with Gasteiger partial charge in [-0.1, -0.05) is 17.3 Å². The summed E-state index contributed by atoms with van der Waals surface area (Å²) in [6.07, 6.45) is 4.94. The van der Waals surface area contributed by atoms with Crippen LogP contribution in [0.2, 0.25) is 0 Å². The molecule has 2 aromatic rings. The first-order valence-electron chi connectivity index (χ1n) is 7.64. The second-order valence-corrected chi connectivity index (χ2v) is 5.91. The predicted octanol–water partition coefficient (Wildman–Crippen LogP) is 2.78. The van der Waals surface area contributed by atoms with E-state index in [1.807, 2.05) is 12.1 Å². The first-order chi connectivity index (χ1) is 10.4. The Bertz CT molecular complexity index is 617.